The maximum Gasteiger partial charge on any atom is 0.321 e. The van der Waals surface area contributed by atoms with Crippen LogP contribution in [0.3, 0.4) is 0 Å². The summed E-state index contributed by atoms with van der Waals surface area (Å²) in [5.41, 5.74) is 0.173. The Morgan fingerprint density at radius 3 is 2.48 bits per heavy atom. The highest BCUT2D eigenvalue weighted by atomic mass is 32.2. The Morgan fingerprint density at radius 2 is 2.00 bits per heavy atom. The average molecular weight is 346 g/mol. The molecule has 9 heteroatoms. The summed E-state index contributed by atoms with van der Waals surface area (Å²) in [4.78, 5) is 21.5. The highest BCUT2D eigenvalue weighted by Crippen LogP contribution is 2.24. The van der Waals surface area contributed by atoms with Gasteiger partial charge in [-0.15, -0.1) is 0 Å². The highest BCUT2D eigenvalue weighted by Gasteiger charge is 2.35. The van der Waals surface area contributed by atoms with Gasteiger partial charge in [0.1, 0.15) is 16.8 Å². The minimum Gasteiger partial charge on any atom is -0.480 e. The molecule has 7 nitrogen and oxygen atoms in total. The molecule has 0 fully saturated rings. The van der Waals surface area contributed by atoms with Crippen molar-refractivity contribution in [2.75, 3.05) is 13.1 Å². The summed E-state index contributed by atoms with van der Waals surface area (Å²) in [6.45, 7) is 3.49. The Morgan fingerprint density at radius 1 is 1.39 bits per heavy atom. The molecule has 2 N–H and O–H groups in total. The predicted molar refractivity (Wildman–Crippen MR) is 80.8 cm³/mol. The molecule has 1 aromatic carbocycles. The predicted octanol–water partition coefficient (Wildman–Crippen LogP) is 0.734. The first kappa shape index (κ1) is 19.0. The van der Waals surface area contributed by atoms with E-state index in [0.29, 0.717) is 4.31 Å². The number of sulfonamides is 1. The van der Waals surface area contributed by atoms with E-state index >= 15 is 0 Å². The van der Waals surface area contributed by atoms with Gasteiger partial charge in [0.25, 0.3) is 0 Å². The molecule has 128 valence electrons. The Kier molecular flexibility index (Phi) is 6.22. The Hall–Kier alpha value is -2.00. The number of hydrogen-bond donors (Lipinski definition) is 2. The van der Waals surface area contributed by atoms with E-state index in [4.69, 9.17) is 5.11 Å². The summed E-state index contributed by atoms with van der Waals surface area (Å²) in [5.74, 6) is -2.70. The Labute approximate surface area is 134 Å². The van der Waals surface area contributed by atoms with E-state index in [-0.39, 0.29) is 24.6 Å². The van der Waals surface area contributed by atoms with Gasteiger partial charge in [0.05, 0.1) is 0 Å². The molecule has 1 amide bonds. The lowest BCUT2D eigenvalue weighted by Crippen LogP contribution is -2.47. The Bertz CT molecular complexity index is 685. The van der Waals surface area contributed by atoms with E-state index in [1.165, 1.54) is 32.9 Å². The van der Waals surface area contributed by atoms with E-state index in [1.807, 2.05) is 0 Å². The first-order chi connectivity index (χ1) is 10.6. The molecule has 0 heterocycles. The molecule has 1 aromatic rings. The van der Waals surface area contributed by atoms with Gasteiger partial charge in [0, 0.05) is 20.0 Å². The zero-order chi connectivity index (χ0) is 17.8. The number of aryl methyl sites for hydroxylation is 1. The zero-order valence-electron chi connectivity index (χ0n) is 13.0. The number of nitrogens with one attached hydrogen (secondary N) is 1. The van der Waals surface area contributed by atoms with Crippen LogP contribution in [0, 0.1) is 12.7 Å². The van der Waals surface area contributed by atoms with Crippen LogP contribution in [0.15, 0.2) is 23.1 Å². The van der Waals surface area contributed by atoms with Crippen LogP contribution in [0.4, 0.5) is 4.39 Å². The molecule has 23 heavy (non-hydrogen) atoms. The summed E-state index contributed by atoms with van der Waals surface area (Å²) in [5, 5.41) is 11.5. The minimum absolute atomic E-state index is 0.0836. The molecule has 1 atom stereocenters. The van der Waals surface area contributed by atoms with Gasteiger partial charge in [-0.05, 0) is 25.5 Å². The maximum atomic E-state index is 14.0. The van der Waals surface area contributed by atoms with Gasteiger partial charge in [0.2, 0.25) is 15.9 Å². The number of nitrogens with zero attached hydrogens (tertiary/aromatic N) is 1. The van der Waals surface area contributed by atoms with Gasteiger partial charge in [-0.2, -0.15) is 4.31 Å². The van der Waals surface area contributed by atoms with Crippen LogP contribution >= 0.6 is 0 Å². The molecular weight excluding hydrogens is 327 g/mol. The SMILES string of the molecule is CC(=O)NCCN(C(C)C(=O)O)S(=O)(=O)c1c(C)cccc1F. The van der Waals surface area contributed by atoms with Gasteiger partial charge in [-0.1, -0.05) is 12.1 Å². The standard InChI is InChI=1S/C14H19FN2O5S/c1-9-5-4-6-12(15)13(9)23(21,22)17(10(2)14(19)20)8-7-16-11(3)18/h4-6,10H,7-8H2,1-3H3,(H,16,18)(H,19,20). The molecule has 1 unspecified atom stereocenters. The van der Waals surface area contributed by atoms with Crippen LogP contribution in [-0.4, -0.2) is 48.8 Å². The third-order valence-corrected chi connectivity index (χ3v) is 5.38. The van der Waals surface area contributed by atoms with Crippen LogP contribution in [-0.2, 0) is 19.6 Å². The van der Waals surface area contributed by atoms with Crippen LogP contribution in [0.1, 0.15) is 19.4 Å². The molecule has 0 aliphatic heterocycles. The van der Waals surface area contributed by atoms with E-state index in [9.17, 15) is 22.4 Å². The molecule has 0 aliphatic carbocycles. The summed E-state index contributed by atoms with van der Waals surface area (Å²) >= 11 is 0. The molecule has 0 saturated heterocycles. The lowest BCUT2D eigenvalue weighted by atomic mass is 10.2. The molecule has 0 bridgehead atoms. The van der Waals surface area contributed by atoms with E-state index < -0.39 is 32.7 Å². The maximum absolute atomic E-state index is 14.0. The fourth-order valence-electron chi connectivity index (χ4n) is 2.05. The van der Waals surface area contributed by atoms with Crippen LogP contribution < -0.4 is 5.32 Å². The van der Waals surface area contributed by atoms with Crippen molar-refractivity contribution in [3.05, 3.63) is 29.6 Å². The Balaban J connectivity index is 3.28. The van der Waals surface area contributed by atoms with Crippen LogP contribution in [0.5, 0.6) is 0 Å². The van der Waals surface area contributed by atoms with Gasteiger partial charge in [-0.25, -0.2) is 12.8 Å². The molecule has 1 rings (SSSR count). The molecule has 0 spiro atoms. The lowest BCUT2D eigenvalue weighted by Gasteiger charge is -2.26. The number of carbonyl (C=O) groups is 2. The number of amides is 1. The van der Waals surface area contributed by atoms with Crippen molar-refractivity contribution in [3.8, 4) is 0 Å². The fourth-order valence-corrected chi connectivity index (χ4v) is 3.91. The van der Waals surface area contributed by atoms with Crippen molar-refractivity contribution >= 4 is 21.9 Å². The van der Waals surface area contributed by atoms with Gasteiger partial charge >= 0.3 is 5.97 Å². The molecule has 0 saturated carbocycles. The third-order valence-electron chi connectivity index (χ3n) is 3.23. The lowest BCUT2D eigenvalue weighted by molar-refractivity contribution is -0.140. The van der Waals surface area contributed by atoms with Gasteiger partial charge < -0.3 is 10.4 Å². The third kappa shape index (κ3) is 4.49. The van der Waals surface area contributed by atoms with Gasteiger partial charge in [0.15, 0.2) is 0 Å². The van der Waals surface area contributed by atoms with Crippen LogP contribution in [0.25, 0.3) is 0 Å². The summed E-state index contributed by atoms with van der Waals surface area (Å²) in [6, 6.07) is 2.38. The number of halogens is 1. The van der Waals surface area contributed by atoms with E-state index in [2.05, 4.69) is 5.32 Å². The molecule has 0 radical (unpaired) electrons. The van der Waals surface area contributed by atoms with Gasteiger partial charge in [-0.3, -0.25) is 9.59 Å². The molecule has 0 aromatic heterocycles. The van der Waals surface area contributed by atoms with Crippen molar-refractivity contribution in [1.82, 2.24) is 9.62 Å². The first-order valence-electron chi connectivity index (χ1n) is 6.83. The van der Waals surface area contributed by atoms with Crippen LogP contribution in [0.2, 0.25) is 0 Å². The van der Waals surface area contributed by atoms with E-state index in [0.717, 1.165) is 6.07 Å². The smallest absolute Gasteiger partial charge is 0.321 e. The summed E-state index contributed by atoms with van der Waals surface area (Å²) < 4.78 is 40.1. The minimum atomic E-state index is -4.38. The zero-order valence-corrected chi connectivity index (χ0v) is 13.9. The second-order valence-corrected chi connectivity index (χ2v) is 6.83. The average Bonchev–Trinajstić information content (AvgIpc) is 2.41. The fraction of sp³-hybridized carbons (Fsp3) is 0.429. The highest BCUT2D eigenvalue weighted by molar-refractivity contribution is 7.89. The van der Waals surface area contributed by atoms with Crippen molar-refractivity contribution in [1.29, 1.82) is 0 Å². The van der Waals surface area contributed by atoms with Crippen molar-refractivity contribution in [3.63, 3.8) is 0 Å². The molecule has 0 aliphatic rings. The number of hydrogen-bond acceptors (Lipinski definition) is 4. The number of rotatable bonds is 7. The molecular formula is C14H19FN2O5S. The number of aliphatic carboxylic acids is 1. The number of carbonyl (C=O) groups excluding carboxylic acids is 1. The number of benzene rings is 1. The van der Waals surface area contributed by atoms with E-state index in [1.54, 1.807) is 0 Å². The second kappa shape index (κ2) is 7.51. The summed E-state index contributed by atoms with van der Waals surface area (Å²) in [7, 11) is -4.38. The van der Waals surface area contributed by atoms with Crippen molar-refractivity contribution < 1.29 is 27.5 Å². The monoisotopic (exact) mass is 346 g/mol. The number of carboxylic acid groups (broad SMARTS) is 1. The first-order valence-corrected chi connectivity index (χ1v) is 8.27. The normalized spacial score (nSPS) is 12.9. The topological polar surface area (TPSA) is 104 Å². The van der Waals surface area contributed by atoms with Crippen molar-refractivity contribution in [2.24, 2.45) is 0 Å². The quantitative estimate of drug-likeness (QED) is 0.758. The number of carboxylic acids is 1. The largest absolute Gasteiger partial charge is 0.480 e. The summed E-state index contributed by atoms with van der Waals surface area (Å²) in [6.07, 6.45) is 0. The van der Waals surface area contributed by atoms with Crippen molar-refractivity contribution in [2.45, 2.75) is 31.7 Å². The second-order valence-electron chi connectivity index (χ2n) is 5.00.